The fraction of sp³-hybridized carbons (Fsp3) is 0. The third-order valence-corrected chi connectivity index (χ3v) is 0. The molecule has 0 bridgehead atoms. The molecule has 0 aromatic rings. The van der Waals surface area contributed by atoms with Gasteiger partial charge >= 0.3 is 0 Å². The van der Waals surface area contributed by atoms with Crippen molar-refractivity contribution in [3.05, 3.63) is 0 Å². The highest BCUT2D eigenvalue weighted by atomic mass is 31.0. The number of hydrogen-bond donors (Lipinski definition) is 0. The Balaban J connectivity index is 0. The van der Waals surface area contributed by atoms with Crippen molar-refractivity contribution in [2.45, 2.75) is 0 Å². The Morgan fingerprint density at radius 1 is 0.750 bits per heavy atom. The predicted octanol–water partition coefficient (Wildman–Crippen LogP) is -1.08. The van der Waals surface area contributed by atoms with Crippen molar-refractivity contribution in [1.29, 1.82) is 0 Å². The van der Waals surface area contributed by atoms with Crippen LogP contribution in [-0.4, -0.2) is 30.3 Å². The van der Waals surface area contributed by atoms with Gasteiger partial charge in [0.25, 0.3) is 0 Å². The van der Waals surface area contributed by atoms with Crippen molar-refractivity contribution in [2.75, 3.05) is 0 Å². The maximum atomic E-state index is 0. The van der Waals surface area contributed by atoms with E-state index in [1.165, 1.54) is 0 Å². The van der Waals surface area contributed by atoms with E-state index in [-0.39, 0.29) is 40.2 Å². The lowest BCUT2D eigenvalue weighted by molar-refractivity contribution is 5.75. The lowest BCUT2D eigenvalue weighted by atomic mass is 10.8. The number of hydrogen-bond acceptors (Lipinski definition) is 0. The fourth-order valence-corrected chi connectivity index (χ4v) is 0. The van der Waals surface area contributed by atoms with Crippen LogP contribution in [0.2, 0.25) is 0 Å². The van der Waals surface area contributed by atoms with Crippen molar-refractivity contribution in [2.24, 2.45) is 0 Å². The average Bonchev–Trinajstić information content (AvgIpc) is 0. The molecule has 0 fully saturated rings. The lowest BCUT2D eigenvalue weighted by Gasteiger charge is -0.153. The van der Waals surface area contributed by atoms with Gasteiger partial charge in [-0.25, -0.2) is 0 Å². The largest absolute Gasteiger partial charge is 0.153 e. The van der Waals surface area contributed by atoms with Gasteiger partial charge in [0, 0.05) is 30.3 Å². The molecule has 0 heterocycles. The van der Waals surface area contributed by atoms with E-state index in [1.54, 1.807) is 0 Å². The maximum Gasteiger partial charge on any atom is 0 e. The summed E-state index contributed by atoms with van der Waals surface area (Å²) in [6.07, 6.45) is 0. The zero-order valence-electron chi connectivity index (χ0n) is 2.28. The molecule has 4 heavy (non-hydrogen) atoms. The van der Waals surface area contributed by atoms with Gasteiger partial charge in [0.15, 0.2) is 0 Å². The van der Waals surface area contributed by atoms with Gasteiger partial charge in [-0.1, -0.05) is 0 Å². The lowest BCUT2D eigenvalue weighted by Crippen LogP contribution is -0.382. The van der Waals surface area contributed by atoms with Gasteiger partial charge in [-0.3, -0.25) is 0 Å². The summed E-state index contributed by atoms with van der Waals surface area (Å²) >= 11 is 0. The molecular formula is H3BPSi2. The first-order valence-corrected chi connectivity index (χ1v) is 0. The number of rotatable bonds is 0. The molecule has 11 radical (unpaired) electrons. The van der Waals surface area contributed by atoms with Crippen molar-refractivity contribution < 1.29 is 0 Å². The van der Waals surface area contributed by atoms with Crippen LogP contribution in [0.15, 0.2) is 0 Å². The van der Waals surface area contributed by atoms with Crippen molar-refractivity contribution in [3.8, 4) is 0 Å². The van der Waals surface area contributed by atoms with Crippen molar-refractivity contribution in [1.82, 2.24) is 0 Å². The molecule has 0 N–H and O–H groups in total. The minimum Gasteiger partial charge on any atom is -0.153 e. The summed E-state index contributed by atoms with van der Waals surface area (Å²) < 4.78 is 0. The highest BCUT2D eigenvalue weighted by molar-refractivity contribution is 6.92. The molecule has 0 nitrogen and oxygen atoms in total. The van der Waals surface area contributed by atoms with Crippen LogP contribution in [0.5, 0.6) is 0 Å². The molecule has 0 aliphatic heterocycles. The summed E-state index contributed by atoms with van der Waals surface area (Å²) in [5.74, 6) is 0. The summed E-state index contributed by atoms with van der Waals surface area (Å²) in [5.41, 5.74) is 0. The third-order valence-electron chi connectivity index (χ3n) is 0. The molecule has 0 rings (SSSR count). The highest BCUT2D eigenvalue weighted by Crippen LogP contribution is 0.861. The van der Waals surface area contributed by atoms with E-state index in [4.69, 9.17) is 0 Å². The van der Waals surface area contributed by atoms with E-state index in [9.17, 15) is 0 Å². The molecule has 0 aromatic carbocycles. The van der Waals surface area contributed by atoms with Crippen LogP contribution in [0.1, 0.15) is 0 Å². The van der Waals surface area contributed by atoms with E-state index in [1.807, 2.05) is 0 Å². The van der Waals surface area contributed by atoms with Crippen LogP contribution in [0.4, 0.5) is 0 Å². The Bertz CT molecular complexity index is 6.00. The Morgan fingerprint density at radius 2 is 0.750 bits per heavy atom. The van der Waals surface area contributed by atoms with Gasteiger partial charge in [-0.05, 0) is 0 Å². The fourth-order valence-electron chi connectivity index (χ4n) is 0. The van der Waals surface area contributed by atoms with E-state index < -0.39 is 0 Å². The van der Waals surface area contributed by atoms with Gasteiger partial charge in [0.2, 0.25) is 0 Å². The summed E-state index contributed by atoms with van der Waals surface area (Å²) in [5, 5.41) is 0. The Kier molecular flexibility index (Phi) is 862. The van der Waals surface area contributed by atoms with Crippen LogP contribution < -0.4 is 0 Å². The van der Waals surface area contributed by atoms with Crippen LogP contribution in [0.25, 0.3) is 0 Å². The average molecular weight is 101 g/mol. The standard InChI is InChI=1S/B.H3P.2Si/h;1H3;;. The highest BCUT2D eigenvalue weighted by Gasteiger charge is 0.00202. The molecule has 0 spiro atoms. The first kappa shape index (κ1) is 88.2. The second-order valence-corrected chi connectivity index (χ2v) is 0. The first-order chi connectivity index (χ1) is 0. The Morgan fingerprint density at radius 3 is 0.750 bits per heavy atom. The third kappa shape index (κ3) is 12.6. The zero-order chi connectivity index (χ0) is 0. The van der Waals surface area contributed by atoms with E-state index in [0.717, 1.165) is 0 Å². The molecule has 1 unspecified atom stereocenters. The summed E-state index contributed by atoms with van der Waals surface area (Å²) in [6.45, 7) is 0. The minimum absolute atomic E-state index is 0. The first-order valence-electron chi connectivity index (χ1n) is 0. The molecule has 1 atom stereocenters. The molecule has 0 saturated carbocycles. The topological polar surface area (TPSA) is 0 Å². The van der Waals surface area contributed by atoms with Crippen LogP contribution >= 0.6 is 9.90 Å². The summed E-state index contributed by atoms with van der Waals surface area (Å²) in [4.78, 5) is 0. The van der Waals surface area contributed by atoms with Gasteiger partial charge in [-0.15, -0.1) is 0 Å². The minimum atomic E-state index is 0. The van der Waals surface area contributed by atoms with E-state index >= 15 is 0 Å². The second-order valence-electron chi connectivity index (χ2n) is 0. The smallest absolute Gasteiger partial charge is 0 e. The summed E-state index contributed by atoms with van der Waals surface area (Å²) in [6, 6.07) is 0. The molecular weight excluding hydrogens is 98.0 g/mol. The van der Waals surface area contributed by atoms with E-state index in [2.05, 4.69) is 0 Å². The Hall–Kier alpha value is 0.929. The van der Waals surface area contributed by atoms with Gasteiger partial charge < -0.3 is 0 Å². The molecule has 0 aromatic heterocycles. The monoisotopic (exact) mass is 101 g/mol. The molecule has 0 saturated heterocycles. The summed E-state index contributed by atoms with van der Waals surface area (Å²) in [7, 11) is 0. The quantitative estimate of drug-likeness (QED) is 0.269. The molecule has 19 valence electrons. The van der Waals surface area contributed by atoms with Crippen molar-refractivity contribution >= 4 is 40.2 Å². The van der Waals surface area contributed by atoms with Crippen molar-refractivity contribution in [3.63, 3.8) is 0 Å². The zero-order valence-corrected chi connectivity index (χ0v) is 5.70. The Labute approximate surface area is 41.0 Å². The SMILES string of the molecule is P.[B].[Si].[Si]. The van der Waals surface area contributed by atoms with Gasteiger partial charge in [0.05, 0.1) is 0 Å². The predicted molar refractivity (Wildman–Crippen MR) is 28.4 cm³/mol. The molecule has 4 heteroatoms. The second kappa shape index (κ2) is 39.1. The van der Waals surface area contributed by atoms with Crippen LogP contribution in [0.3, 0.4) is 0 Å². The van der Waals surface area contributed by atoms with Crippen LogP contribution in [0, 0.1) is 0 Å². The molecule has 0 aliphatic carbocycles. The van der Waals surface area contributed by atoms with Gasteiger partial charge in [-0.2, -0.15) is 9.90 Å². The molecule has 0 aliphatic rings. The maximum absolute atomic E-state index is 0. The van der Waals surface area contributed by atoms with Gasteiger partial charge in [0.1, 0.15) is 0 Å². The van der Waals surface area contributed by atoms with E-state index in [0.29, 0.717) is 0 Å². The molecule has 0 amide bonds. The van der Waals surface area contributed by atoms with Crippen LogP contribution in [-0.2, 0) is 0 Å². The normalized spacial score (nSPS) is 0.